The molecule has 1 aliphatic heterocycles. The Bertz CT molecular complexity index is 403. The third-order valence-corrected chi connectivity index (χ3v) is 3.21. The average Bonchev–Trinajstić information content (AvgIpc) is 2.75. The Labute approximate surface area is 102 Å². The molecule has 92 valence electrons. The molecule has 2 unspecified atom stereocenters. The molecule has 3 nitrogen and oxygen atoms in total. The van der Waals surface area contributed by atoms with Crippen LogP contribution in [0.15, 0.2) is 24.3 Å². The summed E-state index contributed by atoms with van der Waals surface area (Å²) < 4.78 is 5.24. The molecule has 2 N–H and O–H groups in total. The van der Waals surface area contributed by atoms with E-state index in [2.05, 4.69) is 13.0 Å². The summed E-state index contributed by atoms with van der Waals surface area (Å²) in [7, 11) is 0. The van der Waals surface area contributed by atoms with Crippen molar-refractivity contribution in [2.24, 2.45) is 11.7 Å². The predicted molar refractivity (Wildman–Crippen MR) is 67.1 cm³/mol. The Hall–Kier alpha value is -1.19. The molecule has 1 aromatic carbocycles. The van der Waals surface area contributed by atoms with Gasteiger partial charge in [-0.1, -0.05) is 31.5 Å². The number of nitrogens with two attached hydrogens (primary N) is 1. The summed E-state index contributed by atoms with van der Waals surface area (Å²) in [5, 5.41) is 0. The van der Waals surface area contributed by atoms with Gasteiger partial charge >= 0.3 is 0 Å². The number of carbonyl (C=O) groups excluding carboxylic acids is 1. The molecule has 1 aromatic rings. The summed E-state index contributed by atoms with van der Waals surface area (Å²) in [6.07, 6.45) is 2.10. The van der Waals surface area contributed by atoms with Gasteiger partial charge in [-0.25, -0.2) is 0 Å². The summed E-state index contributed by atoms with van der Waals surface area (Å²) >= 11 is 0. The van der Waals surface area contributed by atoms with Crippen LogP contribution in [0.25, 0.3) is 0 Å². The van der Waals surface area contributed by atoms with Crippen molar-refractivity contribution in [1.29, 1.82) is 0 Å². The van der Waals surface area contributed by atoms with Crippen LogP contribution in [0, 0.1) is 5.92 Å². The van der Waals surface area contributed by atoms with Crippen molar-refractivity contribution in [1.82, 2.24) is 0 Å². The Morgan fingerprint density at radius 2 is 2.29 bits per heavy atom. The standard InChI is InChI=1S/C14H19NO2/c1-2-4-10-5-3-6-11(7-10)14(16)12-8-17-9-13(12)15/h3,5-7,12-13H,2,4,8-9,15H2,1H3. The number of carbonyl (C=O) groups is 1. The van der Waals surface area contributed by atoms with E-state index in [9.17, 15) is 4.79 Å². The van der Waals surface area contributed by atoms with Gasteiger partial charge in [-0.05, 0) is 18.1 Å². The van der Waals surface area contributed by atoms with E-state index in [1.54, 1.807) is 0 Å². The molecule has 2 atom stereocenters. The molecule has 0 aromatic heterocycles. The van der Waals surface area contributed by atoms with Gasteiger partial charge in [0.25, 0.3) is 0 Å². The molecule has 0 saturated carbocycles. The molecule has 1 fully saturated rings. The predicted octanol–water partition coefficient (Wildman–Crippen LogP) is 1.80. The summed E-state index contributed by atoms with van der Waals surface area (Å²) in [6.45, 7) is 3.08. The zero-order valence-electron chi connectivity index (χ0n) is 10.2. The summed E-state index contributed by atoms with van der Waals surface area (Å²) in [4.78, 5) is 12.3. The fourth-order valence-corrected chi connectivity index (χ4v) is 2.22. The van der Waals surface area contributed by atoms with E-state index in [-0.39, 0.29) is 17.7 Å². The molecule has 0 bridgehead atoms. The van der Waals surface area contributed by atoms with Crippen molar-refractivity contribution in [3.05, 3.63) is 35.4 Å². The van der Waals surface area contributed by atoms with E-state index in [0.29, 0.717) is 13.2 Å². The van der Waals surface area contributed by atoms with Crippen molar-refractivity contribution in [3.8, 4) is 0 Å². The first-order valence-electron chi connectivity index (χ1n) is 6.19. The molecular weight excluding hydrogens is 214 g/mol. The third kappa shape index (κ3) is 2.73. The van der Waals surface area contributed by atoms with Crippen molar-refractivity contribution in [2.45, 2.75) is 25.8 Å². The van der Waals surface area contributed by atoms with Crippen LogP contribution in [-0.2, 0) is 11.2 Å². The molecule has 0 spiro atoms. The molecule has 0 aliphatic carbocycles. The fourth-order valence-electron chi connectivity index (χ4n) is 2.22. The monoisotopic (exact) mass is 233 g/mol. The highest BCUT2D eigenvalue weighted by Crippen LogP contribution is 2.19. The Morgan fingerprint density at radius 1 is 1.47 bits per heavy atom. The van der Waals surface area contributed by atoms with Crippen LogP contribution >= 0.6 is 0 Å². The zero-order valence-corrected chi connectivity index (χ0v) is 10.2. The maximum absolute atomic E-state index is 12.3. The second-order valence-electron chi connectivity index (χ2n) is 4.62. The van der Waals surface area contributed by atoms with Gasteiger partial charge in [0.05, 0.1) is 19.1 Å². The quantitative estimate of drug-likeness (QED) is 0.807. The van der Waals surface area contributed by atoms with Crippen molar-refractivity contribution in [3.63, 3.8) is 0 Å². The minimum Gasteiger partial charge on any atom is -0.379 e. The molecule has 1 heterocycles. The van der Waals surface area contributed by atoms with Crippen molar-refractivity contribution in [2.75, 3.05) is 13.2 Å². The van der Waals surface area contributed by atoms with Crippen molar-refractivity contribution >= 4 is 5.78 Å². The molecule has 1 aliphatic rings. The maximum Gasteiger partial charge on any atom is 0.169 e. The van der Waals surface area contributed by atoms with E-state index in [4.69, 9.17) is 10.5 Å². The Kier molecular flexibility index (Phi) is 3.92. The number of Topliss-reactive ketones (excluding diaryl/α,β-unsaturated/α-hetero) is 1. The zero-order chi connectivity index (χ0) is 12.3. The highest BCUT2D eigenvalue weighted by Gasteiger charge is 2.31. The van der Waals surface area contributed by atoms with E-state index in [1.165, 1.54) is 5.56 Å². The van der Waals surface area contributed by atoms with Gasteiger partial charge < -0.3 is 10.5 Å². The number of ketones is 1. The molecular formula is C14H19NO2. The second kappa shape index (κ2) is 5.43. The van der Waals surface area contributed by atoms with E-state index < -0.39 is 0 Å². The Balaban J connectivity index is 2.15. The third-order valence-electron chi connectivity index (χ3n) is 3.21. The fraction of sp³-hybridized carbons (Fsp3) is 0.500. The van der Waals surface area contributed by atoms with Gasteiger partial charge in [0.2, 0.25) is 0 Å². The summed E-state index contributed by atoms with van der Waals surface area (Å²) in [6, 6.07) is 7.70. The van der Waals surface area contributed by atoms with Crippen LogP contribution in [0.4, 0.5) is 0 Å². The van der Waals surface area contributed by atoms with Gasteiger partial charge in [-0.3, -0.25) is 4.79 Å². The number of rotatable bonds is 4. The van der Waals surface area contributed by atoms with E-state index in [1.807, 2.05) is 18.2 Å². The number of aryl methyl sites for hydroxylation is 1. The number of hydrogen-bond acceptors (Lipinski definition) is 3. The number of hydrogen-bond donors (Lipinski definition) is 1. The first-order valence-corrected chi connectivity index (χ1v) is 6.19. The maximum atomic E-state index is 12.3. The highest BCUT2D eigenvalue weighted by atomic mass is 16.5. The number of benzene rings is 1. The van der Waals surface area contributed by atoms with Crippen molar-refractivity contribution < 1.29 is 9.53 Å². The average molecular weight is 233 g/mol. The number of ether oxygens (including phenoxy) is 1. The van der Waals surface area contributed by atoms with Crippen LogP contribution < -0.4 is 5.73 Å². The lowest BCUT2D eigenvalue weighted by Crippen LogP contribution is -2.34. The molecule has 0 amide bonds. The minimum atomic E-state index is -0.174. The van der Waals surface area contributed by atoms with Crippen LogP contribution in [0.2, 0.25) is 0 Å². The smallest absolute Gasteiger partial charge is 0.169 e. The topological polar surface area (TPSA) is 52.3 Å². The molecule has 2 rings (SSSR count). The second-order valence-corrected chi connectivity index (χ2v) is 4.62. The van der Waals surface area contributed by atoms with Gasteiger partial charge in [0, 0.05) is 11.6 Å². The highest BCUT2D eigenvalue weighted by molar-refractivity contribution is 5.98. The first kappa shape index (κ1) is 12.3. The van der Waals surface area contributed by atoms with Crippen LogP contribution in [-0.4, -0.2) is 25.0 Å². The van der Waals surface area contributed by atoms with Gasteiger partial charge in [-0.15, -0.1) is 0 Å². The Morgan fingerprint density at radius 3 is 2.94 bits per heavy atom. The van der Waals surface area contributed by atoms with Crippen LogP contribution in [0.1, 0.15) is 29.3 Å². The summed E-state index contributed by atoms with van der Waals surface area (Å²) in [5.74, 6) is -0.0557. The molecule has 1 saturated heterocycles. The van der Waals surface area contributed by atoms with Gasteiger partial charge in [0.15, 0.2) is 5.78 Å². The van der Waals surface area contributed by atoms with Gasteiger partial charge in [-0.2, -0.15) is 0 Å². The SMILES string of the molecule is CCCc1cccc(C(=O)C2COCC2N)c1. The normalized spacial score (nSPS) is 23.9. The molecule has 17 heavy (non-hydrogen) atoms. The van der Waals surface area contributed by atoms with Gasteiger partial charge in [0.1, 0.15) is 0 Å². The van der Waals surface area contributed by atoms with E-state index >= 15 is 0 Å². The van der Waals surface area contributed by atoms with Crippen LogP contribution in [0.5, 0.6) is 0 Å². The lowest BCUT2D eigenvalue weighted by molar-refractivity contribution is 0.0896. The lowest BCUT2D eigenvalue weighted by atomic mass is 9.92. The minimum absolute atomic E-state index is 0.118. The van der Waals surface area contributed by atoms with E-state index in [0.717, 1.165) is 18.4 Å². The first-order chi connectivity index (χ1) is 8.22. The lowest BCUT2D eigenvalue weighted by Gasteiger charge is -2.12. The van der Waals surface area contributed by atoms with Crippen LogP contribution in [0.3, 0.4) is 0 Å². The summed E-state index contributed by atoms with van der Waals surface area (Å²) in [5.41, 5.74) is 7.85. The largest absolute Gasteiger partial charge is 0.379 e. The molecule has 3 heteroatoms. The molecule has 0 radical (unpaired) electrons.